The number of likely N-dealkylation sites (N-methyl/N-ethyl adjacent to an activating group) is 1. The van der Waals surface area contributed by atoms with E-state index in [1.165, 1.54) is 7.05 Å². The van der Waals surface area contributed by atoms with Crippen LogP contribution in [0.1, 0.15) is 17.3 Å². The van der Waals surface area contributed by atoms with E-state index in [2.05, 4.69) is 11.3 Å². The van der Waals surface area contributed by atoms with Crippen LogP contribution in [0, 0.1) is 5.82 Å². The smallest absolute Gasteiger partial charge is 0.339 e. The summed E-state index contributed by atoms with van der Waals surface area (Å²) in [5.41, 5.74) is 0.412. The van der Waals surface area contributed by atoms with Crippen LogP contribution >= 0.6 is 0 Å². The lowest BCUT2D eigenvalue weighted by molar-refractivity contribution is 0.0596. The number of sulfonamides is 1. The molecule has 0 atom stereocenters. The zero-order valence-corrected chi connectivity index (χ0v) is 12.3. The monoisotopic (exact) mass is 301 g/mol. The second kappa shape index (κ2) is 6.15. The second-order valence-corrected chi connectivity index (χ2v) is 6.36. The van der Waals surface area contributed by atoms with E-state index in [0.717, 1.165) is 29.6 Å². The van der Waals surface area contributed by atoms with Crippen molar-refractivity contribution in [2.24, 2.45) is 0 Å². The highest BCUT2D eigenvalue weighted by molar-refractivity contribution is 7.89. The van der Waals surface area contributed by atoms with Crippen molar-refractivity contribution in [3.05, 3.63) is 41.7 Å². The van der Waals surface area contributed by atoms with Crippen molar-refractivity contribution in [2.75, 3.05) is 20.7 Å². The van der Waals surface area contributed by atoms with E-state index in [4.69, 9.17) is 0 Å². The molecule has 110 valence electrons. The van der Waals surface area contributed by atoms with Crippen LogP contribution in [0.3, 0.4) is 0 Å². The first-order valence-electron chi connectivity index (χ1n) is 5.68. The Morgan fingerprint density at radius 1 is 1.45 bits per heavy atom. The van der Waals surface area contributed by atoms with Gasteiger partial charge < -0.3 is 4.74 Å². The number of carbonyl (C=O) groups excluding carboxylic acids is 1. The highest BCUT2D eigenvalue weighted by Crippen LogP contribution is 2.22. The Labute approximate surface area is 117 Å². The third-order valence-corrected chi connectivity index (χ3v) is 4.37. The van der Waals surface area contributed by atoms with Crippen molar-refractivity contribution in [1.82, 2.24) is 4.31 Å². The molecule has 1 aromatic rings. The molecule has 0 aliphatic heterocycles. The van der Waals surface area contributed by atoms with Gasteiger partial charge in [0.15, 0.2) is 0 Å². The summed E-state index contributed by atoms with van der Waals surface area (Å²) in [5.74, 6) is -1.59. The second-order valence-electron chi connectivity index (χ2n) is 4.35. The Balaban J connectivity index is 3.40. The van der Waals surface area contributed by atoms with Crippen molar-refractivity contribution in [2.45, 2.75) is 11.8 Å². The van der Waals surface area contributed by atoms with Gasteiger partial charge in [-0.2, -0.15) is 4.31 Å². The van der Waals surface area contributed by atoms with Gasteiger partial charge in [-0.15, -0.1) is 0 Å². The third-order valence-electron chi connectivity index (χ3n) is 2.53. The molecule has 0 aliphatic carbocycles. The van der Waals surface area contributed by atoms with Crippen LogP contribution in [0.2, 0.25) is 0 Å². The SMILES string of the molecule is C=C(C)CN(C)S(=O)(=O)c1cc(F)ccc1C(=O)OC. The zero-order chi connectivity index (χ0) is 15.5. The molecule has 1 rings (SSSR count). The average Bonchev–Trinajstić information content (AvgIpc) is 2.36. The molecule has 0 heterocycles. The van der Waals surface area contributed by atoms with Gasteiger partial charge >= 0.3 is 5.97 Å². The van der Waals surface area contributed by atoms with Gasteiger partial charge in [0.2, 0.25) is 10.0 Å². The number of benzene rings is 1. The Bertz CT molecular complexity index is 640. The van der Waals surface area contributed by atoms with Crippen molar-refractivity contribution in [3.63, 3.8) is 0 Å². The van der Waals surface area contributed by atoms with Crippen LogP contribution in [-0.4, -0.2) is 39.4 Å². The maximum atomic E-state index is 13.3. The Kier molecular flexibility index (Phi) is 5.02. The number of hydrogen-bond acceptors (Lipinski definition) is 4. The third kappa shape index (κ3) is 3.43. The minimum Gasteiger partial charge on any atom is -0.465 e. The van der Waals surface area contributed by atoms with E-state index in [9.17, 15) is 17.6 Å². The average molecular weight is 301 g/mol. The quantitative estimate of drug-likeness (QED) is 0.614. The van der Waals surface area contributed by atoms with Crippen LogP contribution in [0.25, 0.3) is 0 Å². The van der Waals surface area contributed by atoms with Gasteiger partial charge in [0.1, 0.15) is 5.82 Å². The highest BCUT2D eigenvalue weighted by Gasteiger charge is 2.27. The van der Waals surface area contributed by atoms with Crippen molar-refractivity contribution in [3.8, 4) is 0 Å². The normalized spacial score (nSPS) is 11.4. The summed E-state index contributed by atoms with van der Waals surface area (Å²) in [6.45, 7) is 5.36. The van der Waals surface area contributed by atoms with Crippen molar-refractivity contribution in [1.29, 1.82) is 0 Å². The molecule has 0 aliphatic rings. The van der Waals surface area contributed by atoms with Crippen LogP contribution in [0.5, 0.6) is 0 Å². The van der Waals surface area contributed by atoms with E-state index in [0.29, 0.717) is 5.57 Å². The van der Waals surface area contributed by atoms with Crippen molar-refractivity contribution < 1.29 is 22.3 Å². The molecule has 0 saturated carbocycles. The van der Waals surface area contributed by atoms with E-state index in [1.807, 2.05) is 0 Å². The molecule has 5 nitrogen and oxygen atoms in total. The van der Waals surface area contributed by atoms with Crippen LogP contribution in [-0.2, 0) is 14.8 Å². The number of ether oxygens (including phenoxy) is 1. The van der Waals surface area contributed by atoms with Gasteiger partial charge in [-0.25, -0.2) is 17.6 Å². The molecule has 0 N–H and O–H groups in total. The van der Waals surface area contributed by atoms with Gasteiger partial charge in [0.25, 0.3) is 0 Å². The van der Waals surface area contributed by atoms with Crippen LogP contribution < -0.4 is 0 Å². The van der Waals surface area contributed by atoms with E-state index in [1.54, 1.807) is 6.92 Å². The summed E-state index contributed by atoms with van der Waals surface area (Å²) in [7, 11) is -1.56. The summed E-state index contributed by atoms with van der Waals surface area (Å²) in [6.07, 6.45) is 0. The molecule has 0 aromatic heterocycles. The fraction of sp³-hybridized carbons (Fsp3) is 0.308. The molecule has 0 saturated heterocycles. The molecular weight excluding hydrogens is 285 g/mol. The predicted molar refractivity (Wildman–Crippen MR) is 72.4 cm³/mol. The zero-order valence-electron chi connectivity index (χ0n) is 11.5. The lowest BCUT2D eigenvalue weighted by atomic mass is 10.2. The van der Waals surface area contributed by atoms with E-state index in [-0.39, 0.29) is 12.1 Å². The topological polar surface area (TPSA) is 63.7 Å². The summed E-state index contributed by atoms with van der Waals surface area (Å²) in [6, 6.07) is 2.89. The predicted octanol–water partition coefficient (Wildman–Crippen LogP) is 1.81. The highest BCUT2D eigenvalue weighted by atomic mass is 32.2. The fourth-order valence-electron chi connectivity index (χ4n) is 1.62. The number of esters is 1. The summed E-state index contributed by atoms with van der Waals surface area (Å²) < 4.78 is 43.6. The summed E-state index contributed by atoms with van der Waals surface area (Å²) >= 11 is 0. The van der Waals surface area contributed by atoms with Gasteiger partial charge in [0, 0.05) is 13.6 Å². The maximum Gasteiger partial charge on any atom is 0.339 e. The molecule has 0 amide bonds. The molecular formula is C13H16FNO4S. The van der Waals surface area contributed by atoms with Gasteiger partial charge in [0.05, 0.1) is 17.6 Å². The molecule has 0 spiro atoms. The minimum atomic E-state index is -4.01. The van der Waals surface area contributed by atoms with Crippen LogP contribution in [0.4, 0.5) is 4.39 Å². The number of rotatable bonds is 5. The maximum absolute atomic E-state index is 13.3. The lowest BCUT2D eigenvalue weighted by Crippen LogP contribution is -2.30. The standard InChI is InChI=1S/C13H16FNO4S/c1-9(2)8-15(3)20(17,18)12-7-10(14)5-6-11(12)13(16)19-4/h5-7H,1,8H2,2-4H3. The first-order valence-corrected chi connectivity index (χ1v) is 7.12. The summed E-state index contributed by atoms with van der Waals surface area (Å²) in [5, 5.41) is 0. The number of halogens is 1. The Morgan fingerprint density at radius 2 is 2.05 bits per heavy atom. The van der Waals surface area contributed by atoms with E-state index < -0.39 is 26.7 Å². The largest absolute Gasteiger partial charge is 0.465 e. The molecule has 1 aromatic carbocycles. The number of hydrogen-bond donors (Lipinski definition) is 0. The molecule has 0 unspecified atom stereocenters. The molecule has 0 bridgehead atoms. The minimum absolute atomic E-state index is 0.0689. The summed E-state index contributed by atoms with van der Waals surface area (Å²) in [4.78, 5) is 11.2. The first kappa shape index (κ1) is 16.3. The molecule has 7 heteroatoms. The lowest BCUT2D eigenvalue weighted by Gasteiger charge is -2.18. The van der Waals surface area contributed by atoms with Crippen LogP contribution in [0.15, 0.2) is 35.2 Å². The number of methoxy groups -OCH3 is 1. The Morgan fingerprint density at radius 3 is 2.55 bits per heavy atom. The molecule has 20 heavy (non-hydrogen) atoms. The fourth-order valence-corrected chi connectivity index (χ4v) is 3.04. The first-order chi connectivity index (χ1) is 9.20. The van der Waals surface area contributed by atoms with Crippen molar-refractivity contribution >= 4 is 16.0 Å². The van der Waals surface area contributed by atoms with Gasteiger partial charge in [-0.3, -0.25) is 0 Å². The van der Waals surface area contributed by atoms with Gasteiger partial charge in [-0.05, 0) is 25.1 Å². The number of carbonyl (C=O) groups is 1. The van der Waals surface area contributed by atoms with Gasteiger partial charge in [-0.1, -0.05) is 12.2 Å². The number of nitrogens with zero attached hydrogens (tertiary/aromatic N) is 1. The molecule has 0 radical (unpaired) electrons. The Hall–Kier alpha value is -1.73. The van der Waals surface area contributed by atoms with E-state index >= 15 is 0 Å². The molecule has 0 fully saturated rings.